The first-order valence-electron chi connectivity index (χ1n) is 7.17. The molecule has 0 bridgehead atoms. The Morgan fingerprint density at radius 2 is 2.20 bits per heavy atom. The van der Waals surface area contributed by atoms with Gasteiger partial charge in [-0.1, -0.05) is 12.5 Å². The fourth-order valence-corrected chi connectivity index (χ4v) is 2.96. The summed E-state index contributed by atoms with van der Waals surface area (Å²) in [4.78, 5) is 0. The van der Waals surface area contributed by atoms with E-state index < -0.39 is 0 Å². The summed E-state index contributed by atoms with van der Waals surface area (Å²) in [6, 6.07) is 7.77. The van der Waals surface area contributed by atoms with Crippen molar-refractivity contribution in [1.82, 2.24) is 5.32 Å². The Kier molecular flexibility index (Phi) is 5.40. The number of aliphatic hydroxyl groups is 1. The highest BCUT2D eigenvalue weighted by Crippen LogP contribution is 2.30. The summed E-state index contributed by atoms with van der Waals surface area (Å²) < 4.78 is 5.21. The molecule has 20 heavy (non-hydrogen) atoms. The van der Waals surface area contributed by atoms with E-state index in [1.165, 1.54) is 12.8 Å². The van der Waals surface area contributed by atoms with Gasteiger partial charge in [0.05, 0.1) is 12.7 Å². The SMILES string of the molecule is COc1cc(CNCC2CCCC2CO)ccc1C#N. The summed E-state index contributed by atoms with van der Waals surface area (Å²) in [6.45, 7) is 2.00. The molecule has 2 N–H and O–H groups in total. The summed E-state index contributed by atoms with van der Waals surface area (Å²) in [6.07, 6.45) is 3.57. The van der Waals surface area contributed by atoms with Crippen molar-refractivity contribution in [2.45, 2.75) is 25.8 Å². The second kappa shape index (κ2) is 7.28. The van der Waals surface area contributed by atoms with Crippen molar-refractivity contribution in [3.05, 3.63) is 29.3 Å². The number of nitrogens with one attached hydrogen (secondary N) is 1. The lowest BCUT2D eigenvalue weighted by Gasteiger charge is -2.18. The summed E-state index contributed by atoms with van der Waals surface area (Å²) in [5.74, 6) is 1.67. The van der Waals surface area contributed by atoms with Crippen LogP contribution in [0.15, 0.2) is 18.2 Å². The van der Waals surface area contributed by atoms with Crippen molar-refractivity contribution in [3.63, 3.8) is 0 Å². The molecule has 0 aliphatic heterocycles. The van der Waals surface area contributed by atoms with Crippen LogP contribution in [0.1, 0.15) is 30.4 Å². The Bertz CT molecular complexity index is 482. The van der Waals surface area contributed by atoms with Crippen molar-refractivity contribution in [2.24, 2.45) is 11.8 Å². The number of hydrogen-bond acceptors (Lipinski definition) is 4. The number of hydrogen-bond donors (Lipinski definition) is 2. The zero-order valence-corrected chi connectivity index (χ0v) is 11.9. The molecule has 1 fully saturated rings. The standard InChI is InChI=1S/C16H22N2O2/c1-20-16-7-12(5-6-13(16)8-17)9-18-10-14-3-2-4-15(14)11-19/h5-7,14-15,18-19H,2-4,9-11H2,1H3. The van der Waals surface area contributed by atoms with E-state index in [9.17, 15) is 5.11 Å². The molecule has 1 aromatic rings. The number of nitrogens with zero attached hydrogens (tertiary/aromatic N) is 1. The molecule has 0 amide bonds. The van der Waals surface area contributed by atoms with E-state index in [1.54, 1.807) is 13.2 Å². The van der Waals surface area contributed by atoms with E-state index in [4.69, 9.17) is 10.00 Å². The van der Waals surface area contributed by atoms with E-state index in [-0.39, 0.29) is 0 Å². The maximum Gasteiger partial charge on any atom is 0.136 e. The molecule has 108 valence electrons. The van der Waals surface area contributed by atoms with Crippen LogP contribution in [0.2, 0.25) is 0 Å². The Morgan fingerprint density at radius 1 is 1.40 bits per heavy atom. The second-order valence-electron chi connectivity index (χ2n) is 5.41. The van der Waals surface area contributed by atoms with Gasteiger partial charge in [-0.3, -0.25) is 0 Å². The lowest BCUT2D eigenvalue weighted by atomic mass is 9.97. The maximum atomic E-state index is 9.30. The zero-order valence-electron chi connectivity index (χ0n) is 11.9. The van der Waals surface area contributed by atoms with Crippen molar-refractivity contribution in [1.29, 1.82) is 5.26 Å². The highest BCUT2D eigenvalue weighted by molar-refractivity contribution is 5.45. The third-order valence-corrected chi connectivity index (χ3v) is 4.17. The molecule has 0 radical (unpaired) electrons. The quantitative estimate of drug-likeness (QED) is 0.833. The van der Waals surface area contributed by atoms with Crippen LogP contribution in [0, 0.1) is 23.2 Å². The first-order chi connectivity index (χ1) is 9.78. The number of ether oxygens (including phenoxy) is 1. The smallest absolute Gasteiger partial charge is 0.136 e. The molecule has 2 unspecified atom stereocenters. The Hall–Kier alpha value is -1.57. The molecule has 1 saturated carbocycles. The Labute approximate surface area is 120 Å². The van der Waals surface area contributed by atoms with Crippen molar-refractivity contribution < 1.29 is 9.84 Å². The summed E-state index contributed by atoms with van der Waals surface area (Å²) in [5, 5.41) is 21.7. The van der Waals surface area contributed by atoms with Crippen LogP contribution in [0.3, 0.4) is 0 Å². The molecule has 0 saturated heterocycles. The van der Waals surface area contributed by atoms with E-state index >= 15 is 0 Å². The summed E-state index contributed by atoms with van der Waals surface area (Å²) in [5.41, 5.74) is 1.67. The number of nitriles is 1. The fraction of sp³-hybridized carbons (Fsp3) is 0.562. The monoisotopic (exact) mass is 274 g/mol. The Balaban J connectivity index is 1.87. The van der Waals surface area contributed by atoms with E-state index in [0.29, 0.717) is 29.8 Å². The van der Waals surface area contributed by atoms with Gasteiger partial charge in [-0.25, -0.2) is 0 Å². The number of methoxy groups -OCH3 is 1. The minimum Gasteiger partial charge on any atom is -0.495 e. The van der Waals surface area contributed by atoms with Crippen molar-refractivity contribution in [2.75, 3.05) is 20.3 Å². The molecule has 0 heterocycles. The zero-order chi connectivity index (χ0) is 14.4. The van der Waals surface area contributed by atoms with E-state index in [0.717, 1.165) is 25.1 Å². The molecule has 1 aliphatic rings. The molecule has 2 atom stereocenters. The van der Waals surface area contributed by atoms with Gasteiger partial charge in [-0.15, -0.1) is 0 Å². The predicted molar refractivity (Wildman–Crippen MR) is 77.3 cm³/mol. The largest absolute Gasteiger partial charge is 0.495 e. The van der Waals surface area contributed by atoms with E-state index in [1.807, 2.05) is 12.1 Å². The average Bonchev–Trinajstić information content (AvgIpc) is 2.94. The van der Waals surface area contributed by atoms with Crippen LogP contribution < -0.4 is 10.1 Å². The molecular weight excluding hydrogens is 252 g/mol. The van der Waals surface area contributed by atoms with E-state index in [2.05, 4.69) is 11.4 Å². The predicted octanol–water partition coefficient (Wildman–Crippen LogP) is 2.07. The molecule has 0 aromatic heterocycles. The van der Waals surface area contributed by atoms with Gasteiger partial charge >= 0.3 is 0 Å². The fourth-order valence-electron chi connectivity index (χ4n) is 2.96. The molecule has 2 rings (SSSR count). The van der Waals surface area contributed by atoms with Gasteiger partial charge in [0, 0.05) is 13.2 Å². The first-order valence-corrected chi connectivity index (χ1v) is 7.17. The van der Waals surface area contributed by atoms with Gasteiger partial charge in [0.25, 0.3) is 0 Å². The first kappa shape index (κ1) is 14.8. The lowest BCUT2D eigenvalue weighted by molar-refractivity contribution is 0.192. The van der Waals surface area contributed by atoms with Crippen LogP contribution in [0.5, 0.6) is 5.75 Å². The molecule has 1 aromatic carbocycles. The van der Waals surface area contributed by atoms with Crippen LogP contribution in [0.4, 0.5) is 0 Å². The van der Waals surface area contributed by atoms with Gasteiger partial charge in [-0.05, 0) is 48.9 Å². The maximum absolute atomic E-state index is 9.30. The van der Waals surface area contributed by atoms with Gasteiger partial charge < -0.3 is 15.2 Å². The minimum atomic E-state index is 0.303. The third-order valence-electron chi connectivity index (χ3n) is 4.17. The molecule has 4 heteroatoms. The number of benzene rings is 1. The summed E-state index contributed by atoms with van der Waals surface area (Å²) in [7, 11) is 1.58. The number of rotatable bonds is 6. The van der Waals surface area contributed by atoms with Gasteiger partial charge in [0.2, 0.25) is 0 Å². The lowest BCUT2D eigenvalue weighted by Crippen LogP contribution is -2.26. The minimum absolute atomic E-state index is 0.303. The summed E-state index contributed by atoms with van der Waals surface area (Å²) >= 11 is 0. The van der Waals surface area contributed by atoms with Gasteiger partial charge in [0.15, 0.2) is 0 Å². The van der Waals surface area contributed by atoms with Gasteiger partial charge in [-0.2, -0.15) is 5.26 Å². The average molecular weight is 274 g/mol. The highest BCUT2D eigenvalue weighted by atomic mass is 16.5. The molecule has 0 spiro atoms. The van der Waals surface area contributed by atoms with Crippen LogP contribution >= 0.6 is 0 Å². The van der Waals surface area contributed by atoms with Crippen LogP contribution in [-0.4, -0.2) is 25.4 Å². The molecule has 4 nitrogen and oxygen atoms in total. The topological polar surface area (TPSA) is 65.3 Å². The normalized spacial score (nSPS) is 21.6. The third kappa shape index (κ3) is 3.50. The van der Waals surface area contributed by atoms with Crippen LogP contribution in [-0.2, 0) is 6.54 Å². The Morgan fingerprint density at radius 3 is 2.90 bits per heavy atom. The second-order valence-corrected chi connectivity index (χ2v) is 5.41. The van der Waals surface area contributed by atoms with Gasteiger partial charge in [0.1, 0.15) is 11.8 Å². The highest BCUT2D eigenvalue weighted by Gasteiger charge is 2.25. The molecule has 1 aliphatic carbocycles. The van der Waals surface area contributed by atoms with Crippen molar-refractivity contribution in [3.8, 4) is 11.8 Å². The van der Waals surface area contributed by atoms with Crippen molar-refractivity contribution >= 4 is 0 Å². The van der Waals surface area contributed by atoms with Crippen LogP contribution in [0.25, 0.3) is 0 Å². The number of aliphatic hydroxyl groups excluding tert-OH is 1. The molecular formula is C16H22N2O2.